The number of benzene rings is 2. The molecule has 9 heteroatoms. The Kier molecular flexibility index (Phi) is 5.52. The minimum Gasteiger partial charge on any atom is -0.454 e. The molecule has 5 rings (SSSR count). The minimum atomic E-state index is -3.63. The standard InChI is InChI=1S/C24H26N2O6S/c1-15-10-18-12-19(5-6-20(18)26(15)24(28)17-3-4-17)33(29,30)9-8-23(27)25-13-16-2-7-21-22(11-16)32-14-31-21/h2,5-7,11-12,15,17H,3-4,8-10,13-14H2,1H3,(H,25,27)/t15-/m0/s1. The van der Waals surface area contributed by atoms with Crippen molar-refractivity contribution in [1.82, 2.24) is 5.32 Å². The second-order valence-electron chi connectivity index (χ2n) is 8.86. The fourth-order valence-electron chi connectivity index (χ4n) is 4.35. The number of fused-ring (bicyclic) bond motifs is 2. The first-order chi connectivity index (χ1) is 15.8. The Morgan fingerprint density at radius 1 is 1.09 bits per heavy atom. The molecule has 2 heterocycles. The van der Waals surface area contributed by atoms with Crippen molar-refractivity contribution in [2.24, 2.45) is 5.92 Å². The van der Waals surface area contributed by atoms with Gasteiger partial charge >= 0.3 is 0 Å². The molecule has 0 radical (unpaired) electrons. The van der Waals surface area contributed by atoms with Crippen molar-refractivity contribution in [2.75, 3.05) is 17.4 Å². The number of hydrogen-bond acceptors (Lipinski definition) is 6. The number of anilines is 1. The van der Waals surface area contributed by atoms with E-state index in [0.29, 0.717) is 17.9 Å². The normalized spacial score (nSPS) is 18.8. The molecule has 174 valence electrons. The minimum absolute atomic E-state index is 0.0213. The summed E-state index contributed by atoms with van der Waals surface area (Å²) in [4.78, 5) is 26.9. The summed E-state index contributed by atoms with van der Waals surface area (Å²) in [6.45, 7) is 2.44. The van der Waals surface area contributed by atoms with Crippen molar-refractivity contribution < 1.29 is 27.5 Å². The van der Waals surface area contributed by atoms with E-state index in [1.807, 2.05) is 17.9 Å². The number of sulfone groups is 1. The van der Waals surface area contributed by atoms with Gasteiger partial charge in [-0.15, -0.1) is 0 Å². The van der Waals surface area contributed by atoms with E-state index >= 15 is 0 Å². The molecule has 2 aromatic carbocycles. The van der Waals surface area contributed by atoms with Crippen molar-refractivity contribution in [3.8, 4) is 11.5 Å². The van der Waals surface area contributed by atoms with Crippen LogP contribution in [0.2, 0.25) is 0 Å². The Labute approximate surface area is 192 Å². The molecular weight excluding hydrogens is 444 g/mol. The van der Waals surface area contributed by atoms with Crippen LogP contribution < -0.4 is 19.7 Å². The number of carbonyl (C=O) groups is 2. The summed E-state index contributed by atoms with van der Waals surface area (Å²) in [5.41, 5.74) is 2.51. The van der Waals surface area contributed by atoms with Crippen LogP contribution in [0, 0.1) is 5.92 Å². The van der Waals surface area contributed by atoms with Crippen LogP contribution in [0.3, 0.4) is 0 Å². The van der Waals surface area contributed by atoms with E-state index in [1.165, 1.54) is 0 Å². The molecule has 2 aromatic rings. The molecule has 1 saturated carbocycles. The van der Waals surface area contributed by atoms with E-state index in [2.05, 4.69) is 5.32 Å². The van der Waals surface area contributed by atoms with E-state index < -0.39 is 9.84 Å². The lowest BCUT2D eigenvalue weighted by atomic mass is 10.1. The van der Waals surface area contributed by atoms with Gasteiger partial charge in [-0.05, 0) is 67.6 Å². The lowest BCUT2D eigenvalue weighted by Crippen LogP contribution is -2.36. The highest BCUT2D eigenvalue weighted by molar-refractivity contribution is 7.91. The van der Waals surface area contributed by atoms with Crippen molar-refractivity contribution in [3.63, 3.8) is 0 Å². The number of carbonyl (C=O) groups excluding carboxylic acids is 2. The quantitative estimate of drug-likeness (QED) is 0.667. The molecule has 0 unspecified atom stereocenters. The monoisotopic (exact) mass is 470 g/mol. The van der Waals surface area contributed by atoms with Crippen LogP contribution in [0.25, 0.3) is 0 Å². The predicted octanol–water partition coefficient (Wildman–Crippen LogP) is 2.58. The van der Waals surface area contributed by atoms with Gasteiger partial charge in [0.15, 0.2) is 21.3 Å². The first-order valence-electron chi connectivity index (χ1n) is 11.2. The van der Waals surface area contributed by atoms with Gasteiger partial charge in [-0.3, -0.25) is 9.59 Å². The van der Waals surface area contributed by atoms with Crippen LogP contribution in [0.15, 0.2) is 41.3 Å². The van der Waals surface area contributed by atoms with Gasteiger partial charge in [0.25, 0.3) is 0 Å². The number of amides is 2. The second kappa shape index (κ2) is 8.37. The molecule has 1 aliphatic carbocycles. The molecule has 0 saturated heterocycles. The zero-order valence-corrected chi connectivity index (χ0v) is 19.2. The highest BCUT2D eigenvalue weighted by Gasteiger charge is 2.39. The van der Waals surface area contributed by atoms with Gasteiger partial charge in [-0.1, -0.05) is 6.07 Å². The molecule has 33 heavy (non-hydrogen) atoms. The molecule has 0 bridgehead atoms. The molecule has 8 nitrogen and oxygen atoms in total. The van der Waals surface area contributed by atoms with E-state index in [9.17, 15) is 18.0 Å². The summed E-state index contributed by atoms with van der Waals surface area (Å²) in [5.74, 6) is 0.924. The van der Waals surface area contributed by atoms with Gasteiger partial charge in [0, 0.05) is 30.6 Å². The van der Waals surface area contributed by atoms with Gasteiger partial charge in [-0.25, -0.2) is 8.42 Å². The van der Waals surface area contributed by atoms with Crippen molar-refractivity contribution in [2.45, 2.75) is 50.1 Å². The van der Waals surface area contributed by atoms with E-state index in [1.54, 1.807) is 30.3 Å². The van der Waals surface area contributed by atoms with E-state index in [4.69, 9.17) is 9.47 Å². The Balaban J connectivity index is 1.19. The summed E-state index contributed by atoms with van der Waals surface area (Å²) in [6.07, 6.45) is 2.36. The molecule has 0 aromatic heterocycles. The fraction of sp³-hybridized carbons (Fsp3) is 0.417. The van der Waals surface area contributed by atoms with Crippen LogP contribution in [0.5, 0.6) is 11.5 Å². The highest BCUT2D eigenvalue weighted by atomic mass is 32.2. The SMILES string of the molecule is C[C@H]1Cc2cc(S(=O)(=O)CCC(=O)NCc3ccc4c(c3)OCO4)ccc2N1C(=O)C1CC1. The third-order valence-electron chi connectivity index (χ3n) is 6.31. The van der Waals surface area contributed by atoms with Crippen LogP contribution in [0.1, 0.15) is 37.3 Å². The summed E-state index contributed by atoms with van der Waals surface area (Å²) >= 11 is 0. The molecule has 2 amide bonds. The largest absolute Gasteiger partial charge is 0.454 e. The maximum Gasteiger partial charge on any atom is 0.231 e. The Bertz CT molecular complexity index is 1220. The third kappa shape index (κ3) is 4.42. The molecular formula is C24H26N2O6S. The van der Waals surface area contributed by atoms with Gasteiger partial charge < -0.3 is 19.7 Å². The molecule has 1 fully saturated rings. The highest BCUT2D eigenvalue weighted by Crippen LogP contribution is 2.39. The smallest absolute Gasteiger partial charge is 0.231 e. The van der Waals surface area contributed by atoms with Crippen LogP contribution >= 0.6 is 0 Å². The van der Waals surface area contributed by atoms with Crippen molar-refractivity contribution in [1.29, 1.82) is 0 Å². The topological polar surface area (TPSA) is 102 Å². The summed E-state index contributed by atoms with van der Waals surface area (Å²) in [7, 11) is -3.63. The number of nitrogens with one attached hydrogen (secondary N) is 1. The number of rotatable bonds is 7. The van der Waals surface area contributed by atoms with Gasteiger partial charge in [0.05, 0.1) is 10.6 Å². The lowest BCUT2D eigenvalue weighted by Gasteiger charge is -2.22. The predicted molar refractivity (Wildman–Crippen MR) is 121 cm³/mol. The maximum absolute atomic E-state index is 12.9. The van der Waals surface area contributed by atoms with E-state index in [-0.39, 0.29) is 54.2 Å². The Hall–Kier alpha value is -3.07. The van der Waals surface area contributed by atoms with Crippen LogP contribution in [-0.2, 0) is 32.4 Å². The first-order valence-corrected chi connectivity index (χ1v) is 12.8. The first kappa shape index (κ1) is 21.8. The molecule has 1 N–H and O–H groups in total. The van der Waals surface area contributed by atoms with Gasteiger partial charge in [-0.2, -0.15) is 0 Å². The zero-order chi connectivity index (χ0) is 23.2. The van der Waals surface area contributed by atoms with Crippen molar-refractivity contribution in [3.05, 3.63) is 47.5 Å². The number of hydrogen-bond donors (Lipinski definition) is 1. The van der Waals surface area contributed by atoms with Crippen LogP contribution in [-0.4, -0.2) is 38.8 Å². The van der Waals surface area contributed by atoms with Gasteiger partial charge in [0.1, 0.15) is 0 Å². The third-order valence-corrected chi connectivity index (χ3v) is 8.03. The summed E-state index contributed by atoms with van der Waals surface area (Å²) in [5, 5.41) is 2.75. The van der Waals surface area contributed by atoms with Crippen molar-refractivity contribution >= 4 is 27.3 Å². The molecule has 1 atom stereocenters. The Morgan fingerprint density at radius 3 is 2.67 bits per heavy atom. The van der Waals surface area contributed by atoms with Crippen LogP contribution in [0.4, 0.5) is 5.69 Å². The maximum atomic E-state index is 12.9. The fourth-order valence-corrected chi connectivity index (χ4v) is 5.64. The van der Waals surface area contributed by atoms with Gasteiger partial charge in [0.2, 0.25) is 18.6 Å². The zero-order valence-electron chi connectivity index (χ0n) is 18.4. The summed E-state index contributed by atoms with van der Waals surface area (Å²) < 4.78 is 36.3. The summed E-state index contributed by atoms with van der Waals surface area (Å²) in [6, 6.07) is 10.4. The van der Waals surface area contributed by atoms with E-state index in [0.717, 1.165) is 29.7 Å². The average molecular weight is 471 g/mol. The molecule has 3 aliphatic rings. The average Bonchev–Trinajstić information content (AvgIpc) is 3.45. The number of ether oxygens (including phenoxy) is 2. The molecule has 0 spiro atoms. The number of nitrogens with zero attached hydrogens (tertiary/aromatic N) is 1. The second-order valence-corrected chi connectivity index (χ2v) is 11.0. The lowest BCUT2D eigenvalue weighted by molar-refractivity contribution is -0.121. The molecule has 2 aliphatic heterocycles. The Morgan fingerprint density at radius 2 is 1.88 bits per heavy atom.